The van der Waals surface area contributed by atoms with Gasteiger partial charge in [-0.05, 0) is 42.6 Å². The van der Waals surface area contributed by atoms with Crippen LogP contribution in [0.1, 0.15) is 29.8 Å². The van der Waals surface area contributed by atoms with Gasteiger partial charge >= 0.3 is 5.97 Å². The zero-order valence-electron chi connectivity index (χ0n) is 9.57. The van der Waals surface area contributed by atoms with Crippen molar-refractivity contribution in [2.75, 3.05) is 0 Å². The van der Waals surface area contributed by atoms with E-state index in [1.165, 1.54) is 0 Å². The Morgan fingerprint density at radius 1 is 1.39 bits per heavy atom. The molecule has 7 heteroatoms. The summed E-state index contributed by atoms with van der Waals surface area (Å²) in [6, 6.07) is -0.254. The lowest BCUT2D eigenvalue weighted by Crippen LogP contribution is -2.46. The third kappa shape index (κ3) is 1.78. The summed E-state index contributed by atoms with van der Waals surface area (Å²) in [4.78, 5) is 23.2. The summed E-state index contributed by atoms with van der Waals surface area (Å²) in [6.07, 6.45) is 2.89. The fourth-order valence-electron chi connectivity index (χ4n) is 3.34. The van der Waals surface area contributed by atoms with Crippen molar-refractivity contribution in [1.82, 2.24) is 14.9 Å². The van der Waals surface area contributed by atoms with Gasteiger partial charge in [-0.3, -0.25) is 9.59 Å². The highest BCUT2D eigenvalue weighted by atomic mass is 32.1. The Morgan fingerprint density at radius 2 is 2.17 bits per heavy atom. The summed E-state index contributed by atoms with van der Waals surface area (Å²) in [5.74, 6) is -1.05. The second-order valence-corrected chi connectivity index (χ2v) is 5.60. The molecule has 2 aliphatic carbocycles. The Hall–Kier alpha value is -1.50. The van der Waals surface area contributed by atoms with Gasteiger partial charge in [-0.15, -0.1) is 5.10 Å². The minimum atomic E-state index is -0.802. The molecule has 4 unspecified atom stereocenters. The van der Waals surface area contributed by atoms with E-state index in [0.717, 1.165) is 30.8 Å². The summed E-state index contributed by atoms with van der Waals surface area (Å²) in [5.41, 5.74) is 0.270. The van der Waals surface area contributed by atoms with E-state index in [1.807, 2.05) is 0 Å². The number of carbonyl (C=O) groups is 2. The lowest BCUT2D eigenvalue weighted by Gasteiger charge is -2.28. The molecule has 0 aromatic carbocycles. The molecule has 1 aromatic heterocycles. The molecule has 0 radical (unpaired) electrons. The van der Waals surface area contributed by atoms with E-state index in [2.05, 4.69) is 14.9 Å². The topological polar surface area (TPSA) is 92.2 Å². The van der Waals surface area contributed by atoms with Crippen molar-refractivity contribution < 1.29 is 14.7 Å². The average Bonchev–Trinajstić information content (AvgIpc) is 3.05. The summed E-state index contributed by atoms with van der Waals surface area (Å²) in [5, 5.41) is 17.4. The molecule has 2 bridgehead atoms. The third-order valence-corrected chi connectivity index (χ3v) is 4.60. The maximum Gasteiger partial charge on any atom is 0.308 e. The van der Waals surface area contributed by atoms with Crippen LogP contribution in [0.2, 0.25) is 0 Å². The number of aromatic nitrogens is 2. The minimum Gasteiger partial charge on any atom is -0.481 e. The number of nitrogens with zero attached hydrogens (tertiary/aromatic N) is 2. The van der Waals surface area contributed by atoms with Gasteiger partial charge in [0.1, 0.15) is 0 Å². The molecule has 2 aliphatic rings. The van der Waals surface area contributed by atoms with Crippen LogP contribution in [0.25, 0.3) is 0 Å². The van der Waals surface area contributed by atoms with E-state index in [-0.39, 0.29) is 23.6 Å². The molecule has 2 fully saturated rings. The van der Waals surface area contributed by atoms with Gasteiger partial charge < -0.3 is 10.4 Å². The van der Waals surface area contributed by atoms with Crippen LogP contribution in [0.5, 0.6) is 0 Å². The van der Waals surface area contributed by atoms with Crippen molar-refractivity contribution in [3.63, 3.8) is 0 Å². The zero-order valence-corrected chi connectivity index (χ0v) is 10.4. The van der Waals surface area contributed by atoms with Gasteiger partial charge in [0.15, 0.2) is 5.69 Å². The summed E-state index contributed by atoms with van der Waals surface area (Å²) >= 11 is 1.11. The third-order valence-electron chi connectivity index (χ3n) is 4.09. The molecule has 2 saturated carbocycles. The molecule has 18 heavy (non-hydrogen) atoms. The summed E-state index contributed by atoms with van der Waals surface area (Å²) in [6.45, 7) is 0. The first-order valence-electron chi connectivity index (χ1n) is 5.97. The van der Waals surface area contributed by atoms with Gasteiger partial charge in [0.2, 0.25) is 0 Å². The minimum absolute atomic E-state index is 0.214. The lowest BCUT2D eigenvalue weighted by molar-refractivity contribution is -0.144. The average molecular weight is 267 g/mol. The quantitative estimate of drug-likeness (QED) is 0.843. The predicted octanol–water partition coefficient (Wildman–Crippen LogP) is 0.767. The number of fused-ring (bicyclic) bond motifs is 2. The largest absolute Gasteiger partial charge is 0.481 e. The molecule has 0 spiro atoms. The molecular formula is C11H13N3O3S. The second-order valence-electron chi connectivity index (χ2n) is 4.99. The number of hydrogen-bond acceptors (Lipinski definition) is 5. The number of amides is 1. The summed E-state index contributed by atoms with van der Waals surface area (Å²) in [7, 11) is 0. The zero-order chi connectivity index (χ0) is 12.7. The van der Waals surface area contributed by atoms with Crippen molar-refractivity contribution in [2.24, 2.45) is 17.8 Å². The van der Waals surface area contributed by atoms with Crippen molar-refractivity contribution in [3.05, 3.63) is 11.1 Å². The molecule has 4 atom stereocenters. The van der Waals surface area contributed by atoms with E-state index in [9.17, 15) is 14.7 Å². The number of aliphatic carboxylic acids is 1. The maximum absolute atomic E-state index is 11.9. The van der Waals surface area contributed by atoms with Crippen molar-refractivity contribution >= 4 is 23.4 Å². The van der Waals surface area contributed by atoms with Crippen LogP contribution in [0.3, 0.4) is 0 Å². The van der Waals surface area contributed by atoms with E-state index >= 15 is 0 Å². The first-order valence-corrected chi connectivity index (χ1v) is 6.81. The highest BCUT2D eigenvalue weighted by Crippen LogP contribution is 2.48. The Kier molecular flexibility index (Phi) is 2.77. The van der Waals surface area contributed by atoms with Crippen LogP contribution < -0.4 is 5.32 Å². The number of hydrogen-bond donors (Lipinski definition) is 2. The Balaban J connectivity index is 1.75. The van der Waals surface area contributed by atoms with Gasteiger partial charge in [-0.2, -0.15) is 0 Å². The lowest BCUT2D eigenvalue weighted by atomic mass is 9.84. The highest BCUT2D eigenvalue weighted by molar-refractivity contribution is 7.03. The molecular weight excluding hydrogens is 254 g/mol. The molecule has 96 valence electrons. The van der Waals surface area contributed by atoms with Crippen molar-refractivity contribution in [3.8, 4) is 0 Å². The molecule has 0 aliphatic heterocycles. The van der Waals surface area contributed by atoms with Crippen LogP contribution in [0.4, 0.5) is 0 Å². The highest BCUT2D eigenvalue weighted by Gasteiger charge is 2.51. The van der Waals surface area contributed by atoms with Gasteiger partial charge in [-0.1, -0.05) is 4.49 Å². The predicted molar refractivity (Wildman–Crippen MR) is 63.1 cm³/mol. The smallest absolute Gasteiger partial charge is 0.308 e. The fraction of sp³-hybridized carbons (Fsp3) is 0.636. The van der Waals surface area contributed by atoms with E-state index in [4.69, 9.17) is 0 Å². The Labute approximate surface area is 108 Å². The maximum atomic E-state index is 11.9. The Morgan fingerprint density at radius 3 is 2.83 bits per heavy atom. The molecule has 6 nitrogen and oxygen atoms in total. The normalized spacial score (nSPS) is 33.6. The summed E-state index contributed by atoms with van der Waals surface area (Å²) < 4.78 is 3.63. The van der Waals surface area contributed by atoms with Gasteiger partial charge in [0.25, 0.3) is 5.91 Å². The number of carboxylic acids is 1. The number of nitrogens with one attached hydrogen (secondary N) is 1. The van der Waals surface area contributed by atoms with E-state index in [1.54, 1.807) is 5.38 Å². The van der Waals surface area contributed by atoms with Crippen molar-refractivity contribution in [1.29, 1.82) is 0 Å². The van der Waals surface area contributed by atoms with Gasteiger partial charge in [0.05, 0.1) is 5.92 Å². The second kappa shape index (κ2) is 4.31. The molecule has 3 rings (SSSR count). The van der Waals surface area contributed by atoms with Crippen LogP contribution in [0, 0.1) is 17.8 Å². The Bertz CT molecular complexity index is 476. The van der Waals surface area contributed by atoms with Crippen LogP contribution in [-0.4, -0.2) is 32.6 Å². The van der Waals surface area contributed by atoms with E-state index in [0.29, 0.717) is 5.92 Å². The van der Waals surface area contributed by atoms with Gasteiger partial charge in [0, 0.05) is 11.4 Å². The first kappa shape index (κ1) is 11.6. The fourth-order valence-corrected chi connectivity index (χ4v) is 3.78. The molecule has 1 aromatic rings. The van der Waals surface area contributed by atoms with E-state index < -0.39 is 11.9 Å². The molecule has 1 heterocycles. The van der Waals surface area contributed by atoms with Crippen LogP contribution in [-0.2, 0) is 4.79 Å². The standard InChI is InChI=1S/C11H13N3O3S/c15-10(7-4-18-14-13-7)12-9-6-2-1-5(3-6)8(9)11(16)17/h4-6,8-9H,1-3H2,(H,12,15)(H,16,17). The monoisotopic (exact) mass is 267 g/mol. The number of rotatable bonds is 3. The molecule has 2 N–H and O–H groups in total. The molecule has 1 amide bonds. The number of carbonyl (C=O) groups excluding carboxylic acids is 1. The van der Waals surface area contributed by atoms with Gasteiger partial charge in [-0.25, -0.2) is 0 Å². The van der Waals surface area contributed by atoms with Crippen LogP contribution in [0.15, 0.2) is 5.38 Å². The number of carboxylic acid groups (broad SMARTS) is 1. The van der Waals surface area contributed by atoms with Crippen molar-refractivity contribution in [2.45, 2.75) is 25.3 Å². The first-order chi connectivity index (χ1) is 8.66. The molecule has 0 saturated heterocycles. The van der Waals surface area contributed by atoms with Crippen LogP contribution >= 0.6 is 11.5 Å². The SMILES string of the molecule is O=C(NC1C2CCC(C2)C1C(=O)O)c1csnn1.